The lowest BCUT2D eigenvalue weighted by Gasteiger charge is -2.11. The highest BCUT2D eigenvalue weighted by molar-refractivity contribution is 6.01. The number of hydrogen-bond donors (Lipinski definition) is 3. The summed E-state index contributed by atoms with van der Waals surface area (Å²) in [6.07, 6.45) is 2.96. The molecule has 0 bridgehead atoms. The molecule has 1 atom stereocenters. The molecule has 194 valence electrons. The number of Topliss-reactive ketones (excluding diaryl/α,β-unsaturated/α-hetero) is 1. The van der Waals surface area contributed by atoms with Crippen LogP contribution in [0.25, 0.3) is 22.3 Å². The number of benzene rings is 4. The van der Waals surface area contributed by atoms with Crippen molar-refractivity contribution in [3.63, 3.8) is 0 Å². The molecule has 0 saturated carbocycles. The lowest BCUT2D eigenvalue weighted by Crippen LogP contribution is -1.92. The second kappa shape index (κ2) is 10.1. The molecule has 0 aromatic heterocycles. The first-order valence-electron chi connectivity index (χ1n) is 13.2. The zero-order chi connectivity index (χ0) is 27.1. The molecule has 3 N–H and O–H groups in total. The molecular weight excluding hydrogens is 472 g/mol. The van der Waals surface area contributed by atoms with Gasteiger partial charge in [0.2, 0.25) is 0 Å². The summed E-state index contributed by atoms with van der Waals surface area (Å²) in [4.78, 5) is 11.8. The fraction of sp³-hybridized carbons (Fsp3) is 0.265. The van der Waals surface area contributed by atoms with Crippen LogP contribution in [0.4, 0.5) is 0 Å². The molecule has 0 aliphatic heterocycles. The van der Waals surface area contributed by atoms with Gasteiger partial charge in [-0.25, -0.2) is 0 Å². The smallest absolute Gasteiger partial charge is 0.163 e. The predicted molar refractivity (Wildman–Crippen MR) is 152 cm³/mol. The summed E-state index contributed by atoms with van der Waals surface area (Å²) < 4.78 is 0. The van der Waals surface area contributed by atoms with Gasteiger partial charge >= 0.3 is 0 Å². The van der Waals surface area contributed by atoms with Gasteiger partial charge in [-0.15, -0.1) is 0 Å². The van der Waals surface area contributed by atoms with Crippen molar-refractivity contribution in [1.82, 2.24) is 0 Å². The SMILES string of the molecule is Cc1cc(-c2ccc3c(c2)C(=O)CC3)cc(C)c1O.Cc1cc(-c2ccc3c(c2)C(O)CC3)cc(C)c1O. The van der Waals surface area contributed by atoms with Crippen molar-refractivity contribution < 1.29 is 20.1 Å². The summed E-state index contributed by atoms with van der Waals surface area (Å²) in [6, 6.07) is 20.3. The van der Waals surface area contributed by atoms with Gasteiger partial charge in [-0.3, -0.25) is 4.79 Å². The average molecular weight is 507 g/mol. The van der Waals surface area contributed by atoms with Gasteiger partial charge in [0, 0.05) is 12.0 Å². The number of aryl methyl sites for hydroxylation is 6. The highest BCUT2D eigenvalue weighted by atomic mass is 16.3. The number of carbonyl (C=O) groups excluding carboxylic acids is 1. The fourth-order valence-corrected chi connectivity index (χ4v) is 5.62. The highest BCUT2D eigenvalue weighted by Crippen LogP contribution is 2.36. The summed E-state index contributed by atoms with van der Waals surface area (Å²) >= 11 is 0. The molecular formula is C34H34O4. The molecule has 0 radical (unpaired) electrons. The van der Waals surface area contributed by atoms with E-state index in [4.69, 9.17) is 0 Å². The molecule has 38 heavy (non-hydrogen) atoms. The average Bonchev–Trinajstić information content (AvgIpc) is 3.47. The van der Waals surface area contributed by atoms with Crippen LogP contribution in [-0.4, -0.2) is 21.1 Å². The van der Waals surface area contributed by atoms with E-state index in [-0.39, 0.29) is 11.9 Å². The van der Waals surface area contributed by atoms with Crippen LogP contribution in [0.15, 0.2) is 60.7 Å². The van der Waals surface area contributed by atoms with E-state index in [1.165, 1.54) is 5.56 Å². The number of phenolic OH excluding ortho intramolecular Hbond substituents is 2. The molecule has 4 aromatic carbocycles. The molecule has 2 aliphatic rings. The number of aliphatic hydroxyl groups excluding tert-OH is 1. The number of carbonyl (C=O) groups is 1. The Morgan fingerprint density at radius 2 is 1.11 bits per heavy atom. The number of phenols is 2. The van der Waals surface area contributed by atoms with E-state index in [0.717, 1.165) is 80.5 Å². The van der Waals surface area contributed by atoms with Crippen molar-refractivity contribution >= 4 is 5.78 Å². The summed E-state index contributed by atoms with van der Waals surface area (Å²) in [5.41, 5.74) is 12.1. The number of hydrogen-bond acceptors (Lipinski definition) is 4. The molecule has 6 rings (SSSR count). The van der Waals surface area contributed by atoms with Crippen LogP contribution >= 0.6 is 0 Å². The number of aliphatic hydroxyl groups is 1. The Labute approximate surface area is 224 Å². The first kappa shape index (κ1) is 25.7. The van der Waals surface area contributed by atoms with E-state index in [1.807, 2.05) is 64.1 Å². The lowest BCUT2D eigenvalue weighted by molar-refractivity contribution is 0.0994. The summed E-state index contributed by atoms with van der Waals surface area (Å²) in [7, 11) is 0. The Kier molecular flexibility index (Phi) is 6.85. The molecule has 0 spiro atoms. The maximum Gasteiger partial charge on any atom is 0.163 e. The van der Waals surface area contributed by atoms with E-state index < -0.39 is 0 Å². The van der Waals surface area contributed by atoms with Crippen LogP contribution in [0.5, 0.6) is 11.5 Å². The molecule has 0 amide bonds. The van der Waals surface area contributed by atoms with Gasteiger partial charge in [-0.2, -0.15) is 0 Å². The van der Waals surface area contributed by atoms with Crippen LogP contribution < -0.4 is 0 Å². The maximum atomic E-state index is 11.8. The zero-order valence-electron chi connectivity index (χ0n) is 22.4. The predicted octanol–water partition coefficient (Wildman–Crippen LogP) is 7.46. The Balaban J connectivity index is 0.000000155. The number of rotatable bonds is 2. The standard InChI is InChI=1S/C17H18O2.C17H16O2/c2*1-10-7-14(8-11(2)17(10)19)13-4-3-12-5-6-16(18)15(12)9-13/h3-4,7-9,16,18-19H,5-6H2,1-2H3;3-4,7-9,19H,5-6H2,1-2H3. The van der Waals surface area contributed by atoms with E-state index in [9.17, 15) is 20.1 Å². The van der Waals surface area contributed by atoms with E-state index in [0.29, 0.717) is 17.9 Å². The summed E-state index contributed by atoms with van der Waals surface area (Å²) in [5, 5.41) is 29.6. The molecule has 4 heteroatoms. The molecule has 0 heterocycles. The van der Waals surface area contributed by atoms with Crippen molar-refractivity contribution in [2.75, 3.05) is 0 Å². The van der Waals surface area contributed by atoms with Crippen LogP contribution in [0, 0.1) is 27.7 Å². The van der Waals surface area contributed by atoms with Crippen molar-refractivity contribution in [1.29, 1.82) is 0 Å². The number of fused-ring (bicyclic) bond motifs is 2. The van der Waals surface area contributed by atoms with Crippen LogP contribution in [0.3, 0.4) is 0 Å². The lowest BCUT2D eigenvalue weighted by atomic mass is 9.96. The summed E-state index contributed by atoms with van der Waals surface area (Å²) in [6.45, 7) is 7.61. The molecule has 4 aromatic rings. The minimum atomic E-state index is -0.325. The van der Waals surface area contributed by atoms with Gasteiger partial charge in [-0.1, -0.05) is 24.3 Å². The van der Waals surface area contributed by atoms with E-state index in [2.05, 4.69) is 24.3 Å². The Morgan fingerprint density at radius 1 is 0.605 bits per heavy atom. The van der Waals surface area contributed by atoms with Gasteiger partial charge < -0.3 is 15.3 Å². The van der Waals surface area contributed by atoms with E-state index in [1.54, 1.807) is 0 Å². The van der Waals surface area contributed by atoms with Crippen molar-refractivity contribution in [2.24, 2.45) is 0 Å². The first-order valence-corrected chi connectivity index (χ1v) is 13.2. The summed E-state index contributed by atoms with van der Waals surface area (Å²) in [5.74, 6) is 0.954. The largest absolute Gasteiger partial charge is 0.507 e. The van der Waals surface area contributed by atoms with Crippen LogP contribution in [-0.2, 0) is 12.8 Å². The molecule has 2 aliphatic carbocycles. The monoisotopic (exact) mass is 506 g/mol. The quantitative estimate of drug-likeness (QED) is 0.264. The second-order valence-electron chi connectivity index (χ2n) is 10.7. The Bertz CT molecular complexity index is 1520. The van der Waals surface area contributed by atoms with E-state index >= 15 is 0 Å². The third kappa shape index (κ3) is 4.84. The number of aromatic hydroxyl groups is 2. The fourth-order valence-electron chi connectivity index (χ4n) is 5.62. The normalized spacial score (nSPS) is 15.6. The first-order chi connectivity index (χ1) is 18.1. The molecule has 0 fully saturated rings. The van der Waals surface area contributed by atoms with Gasteiger partial charge in [0.15, 0.2) is 5.78 Å². The molecule has 4 nitrogen and oxygen atoms in total. The Morgan fingerprint density at radius 3 is 1.66 bits per heavy atom. The molecule has 0 saturated heterocycles. The zero-order valence-corrected chi connectivity index (χ0v) is 22.4. The van der Waals surface area contributed by atoms with Crippen LogP contribution in [0.2, 0.25) is 0 Å². The van der Waals surface area contributed by atoms with Crippen LogP contribution in [0.1, 0.15) is 68.2 Å². The minimum Gasteiger partial charge on any atom is -0.507 e. The molecule has 1 unspecified atom stereocenters. The third-order valence-electron chi connectivity index (χ3n) is 7.87. The van der Waals surface area contributed by atoms with Gasteiger partial charge in [-0.05, 0) is 145 Å². The second-order valence-corrected chi connectivity index (χ2v) is 10.7. The van der Waals surface area contributed by atoms with Gasteiger partial charge in [0.1, 0.15) is 11.5 Å². The maximum absolute atomic E-state index is 11.8. The highest BCUT2D eigenvalue weighted by Gasteiger charge is 2.21. The Hall–Kier alpha value is -3.89. The number of ketones is 1. The minimum absolute atomic E-state index is 0.240. The van der Waals surface area contributed by atoms with Crippen molar-refractivity contribution in [2.45, 2.75) is 59.5 Å². The van der Waals surface area contributed by atoms with Gasteiger partial charge in [0.05, 0.1) is 6.10 Å². The van der Waals surface area contributed by atoms with Crippen molar-refractivity contribution in [3.05, 3.63) is 105 Å². The third-order valence-corrected chi connectivity index (χ3v) is 7.87. The van der Waals surface area contributed by atoms with Gasteiger partial charge in [0.25, 0.3) is 0 Å². The van der Waals surface area contributed by atoms with Crippen molar-refractivity contribution in [3.8, 4) is 33.8 Å². The topological polar surface area (TPSA) is 77.8 Å².